The molecule has 0 saturated carbocycles. The molecule has 0 spiro atoms. The zero-order valence-corrected chi connectivity index (χ0v) is 13.4. The fourth-order valence-corrected chi connectivity index (χ4v) is 2.49. The maximum atomic E-state index is 12.9. The van der Waals surface area contributed by atoms with E-state index < -0.39 is 0 Å². The zero-order valence-electron chi connectivity index (χ0n) is 13.4. The molecule has 0 aliphatic carbocycles. The second-order valence-electron chi connectivity index (χ2n) is 5.30. The number of carbonyl (C=O) groups excluding carboxylic acids is 1. The average Bonchev–Trinajstić information content (AvgIpc) is 2.67. The van der Waals surface area contributed by atoms with E-state index in [4.69, 9.17) is 9.47 Å². The van der Waals surface area contributed by atoms with Gasteiger partial charge in [0, 0.05) is 0 Å². The predicted octanol–water partition coefficient (Wildman–Crippen LogP) is 4.51. The minimum Gasteiger partial charge on any atom is -0.496 e. The molecule has 0 saturated heterocycles. The molecule has 0 radical (unpaired) electrons. The highest BCUT2D eigenvalue weighted by molar-refractivity contribution is 6.12. The van der Waals surface area contributed by atoms with Gasteiger partial charge in [-0.3, -0.25) is 4.79 Å². The van der Waals surface area contributed by atoms with E-state index in [1.165, 1.54) is 0 Å². The van der Waals surface area contributed by atoms with Gasteiger partial charge in [0.1, 0.15) is 18.1 Å². The maximum Gasteiger partial charge on any atom is 0.200 e. The topological polar surface area (TPSA) is 35.5 Å². The molecule has 0 aliphatic rings. The first kappa shape index (κ1) is 15.8. The van der Waals surface area contributed by atoms with Gasteiger partial charge in [0.15, 0.2) is 5.78 Å². The van der Waals surface area contributed by atoms with Gasteiger partial charge in [0.25, 0.3) is 0 Å². The van der Waals surface area contributed by atoms with Crippen molar-refractivity contribution in [1.82, 2.24) is 0 Å². The summed E-state index contributed by atoms with van der Waals surface area (Å²) in [5.74, 6) is 1.01. The van der Waals surface area contributed by atoms with Gasteiger partial charge in [0.2, 0.25) is 0 Å². The third kappa shape index (κ3) is 3.46. The van der Waals surface area contributed by atoms with E-state index in [1.54, 1.807) is 25.3 Å². The Kier molecular flexibility index (Phi) is 4.92. The summed E-state index contributed by atoms with van der Waals surface area (Å²) < 4.78 is 11.2. The maximum absolute atomic E-state index is 12.9. The summed E-state index contributed by atoms with van der Waals surface area (Å²) in [5, 5.41) is 0. The van der Waals surface area contributed by atoms with Gasteiger partial charge in [-0.15, -0.1) is 0 Å². The van der Waals surface area contributed by atoms with Crippen LogP contribution in [0.2, 0.25) is 0 Å². The number of para-hydroxylation sites is 2. The van der Waals surface area contributed by atoms with E-state index in [0.29, 0.717) is 29.2 Å². The molecule has 3 rings (SSSR count). The zero-order chi connectivity index (χ0) is 16.8. The summed E-state index contributed by atoms with van der Waals surface area (Å²) in [4.78, 5) is 12.9. The number of hydrogen-bond acceptors (Lipinski definition) is 3. The molecule has 120 valence electrons. The van der Waals surface area contributed by atoms with Crippen molar-refractivity contribution in [1.29, 1.82) is 0 Å². The first-order chi connectivity index (χ1) is 11.8. The van der Waals surface area contributed by atoms with Gasteiger partial charge in [0.05, 0.1) is 18.2 Å². The average molecular weight is 318 g/mol. The monoisotopic (exact) mass is 318 g/mol. The highest BCUT2D eigenvalue weighted by atomic mass is 16.5. The van der Waals surface area contributed by atoms with E-state index in [-0.39, 0.29) is 5.78 Å². The molecule has 0 unspecified atom stereocenters. The van der Waals surface area contributed by atoms with E-state index >= 15 is 0 Å². The van der Waals surface area contributed by atoms with Crippen molar-refractivity contribution in [3.05, 3.63) is 95.6 Å². The SMILES string of the molecule is COc1ccccc1C(=O)c1ccccc1OCc1ccccc1. The lowest BCUT2D eigenvalue weighted by Gasteiger charge is -2.12. The number of carbonyl (C=O) groups is 1. The van der Waals surface area contributed by atoms with Crippen molar-refractivity contribution in [2.75, 3.05) is 7.11 Å². The molecular weight excluding hydrogens is 300 g/mol. The van der Waals surface area contributed by atoms with Gasteiger partial charge in [-0.1, -0.05) is 54.6 Å². The molecular formula is C21H18O3. The Balaban J connectivity index is 1.87. The van der Waals surface area contributed by atoms with Crippen molar-refractivity contribution in [2.24, 2.45) is 0 Å². The molecule has 3 aromatic rings. The van der Waals surface area contributed by atoms with Crippen LogP contribution in [0.5, 0.6) is 11.5 Å². The van der Waals surface area contributed by atoms with Crippen LogP contribution in [0.3, 0.4) is 0 Å². The molecule has 0 fully saturated rings. The summed E-state index contributed by atoms with van der Waals surface area (Å²) in [6.07, 6.45) is 0. The number of rotatable bonds is 6. The van der Waals surface area contributed by atoms with Crippen LogP contribution in [0.4, 0.5) is 0 Å². The van der Waals surface area contributed by atoms with Crippen molar-refractivity contribution in [2.45, 2.75) is 6.61 Å². The molecule has 0 atom stereocenters. The third-order valence-corrected chi connectivity index (χ3v) is 3.72. The minimum absolute atomic E-state index is 0.115. The van der Waals surface area contributed by atoms with E-state index in [9.17, 15) is 4.79 Å². The van der Waals surface area contributed by atoms with Crippen LogP contribution >= 0.6 is 0 Å². The van der Waals surface area contributed by atoms with E-state index in [0.717, 1.165) is 5.56 Å². The second-order valence-corrected chi connectivity index (χ2v) is 5.30. The fraction of sp³-hybridized carbons (Fsp3) is 0.0952. The Morgan fingerprint density at radius 1 is 0.750 bits per heavy atom. The van der Waals surface area contributed by atoms with Crippen LogP contribution in [-0.4, -0.2) is 12.9 Å². The fourth-order valence-electron chi connectivity index (χ4n) is 2.49. The molecule has 0 amide bonds. The summed E-state index contributed by atoms with van der Waals surface area (Å²) in [6.45, 7) is 0.414. The predicted molar refractivity (Wildman–Crippen MR) is 93.6 cm³/mol. The Morgan fingerprint density at radius 2 is 1.29 bits per heavy atom. The number of ether oxygens (including phenoxy) is 2. The van der Waals surface area contributed by atoms with Gasteiger partial charge >= 0.3 is 0 Å². The Labute approximate surface area is 141 Å². The third-order valence-electron chi connectivity index (χ3n) is 3.72. The molecule has 0 aliphatic heterocycles. The Morgan fingerprint density at radius 3 is 1.96 bits per heavy atom. The lowest BCUT2D eigenvalue weighted by Crippen LogP contribution is -2.07. The number of ketones is 1. The summed E-state index contributed by atoms with van der Waals surface area (Å²) in [5.41, 5.74) is 2.10. The van der Waals surface area contributed by atoms with Crippen molar-refractivity contribution in [3.8, 4) is 11.5 Å². The Hall–Kier alpha value is -3.07. The summed E-state index contributed by atoms with van der Waals surface area (Å²) >= 11 is 0. The molecule has 0 N–H and O–H groups in total. The smallest absolute Gasteiger partial charge is 0.200 e. The van der Waals surface area contributed by atoms with Gasteiger partial charge < -0.3 is 9.47 Å². The molecule has 24 heavy (non-hydrogen) atoms. The standard InChI is InChI=1S/C21H18O3/c1-23-19-13-7-5-11-17(19)21(22)18-12-6-8-14-20(18)24-15-16-9-3-2-4-10-16/h2-14H,15H2,1H3. The lowest BCUT2D eigenvalue weighted by atomic mass is 10.0. The van der Waals surface area contributed by atoms with Crippen molar-refractivity contribution < 1.29 is 14.3 Å². The van der Waals surface area contributed by atoms with E-state index in [2.05, 4.69) is 0 Å². The molecule has 0 aromatic heterocycles. The minimum atomic E-state index is -0.115. The van der Waals surface area contributed by atoms with Crippen molar-refractivity contribution in [3.63, 3.8) is 0 Å². The quantitative estimate of drug-likeness (QED) is 0.628. The highest BCUT2D eigenvalue weighted by Crippen LogP contribution is 2.26. The lowest BCUT2D eigenvalue weighted by molar-refractivity contribution is 0.103. The molecule has 3 aromatic carbocycles. The first-order valence-electron chi connectivity index (χ1n) is 7.73. The van der Waals surface area contributed by atoms with Crippen LogP contribution in [0.25, 0.3) is 0 Å². The second kappa shape index (κ2) is 7.47. The highest BCUT2D eigenvalue weighted by Gasteiger charge is 2.17. The summed E-state index contributed by atoms with van der Waals surface area (Å²) in [6, 6.07) is 24.3. The largest absolute Gasteiger partial charge is 0.496 e. The van der Waals surface area contributed by atoms with Crippen LogP contribution in [-0.2, 0) is 6.61 Å². The van der Waals surface area contributed by atoms with E-state index in [1.807, 2.05) is 60.7 Å². The number of methoxy groups -OCH3 is 1. The summed E-state index contributed by atoms with van der Waals surface area (Å²) in [7, 11) is 1.56. The Bertz CT molecular complexity index is 825. The normalized spacial score (nSPS) is 10.2. The van der Waals surface area contributed by atoms with Crippen LogP contribution in [0, 0.1) is 0 Å². The van der Waals surface area contributed by atoms with Crippen molar-refractivity contribution >= 4 is 5.78 Å². The van der Waals surface area contributed by atoms with Crippen LogP contribution in [0.15, 0.2) is 78.9 Å². The molecule has 0 bridgehead atoms. The first-order valence-corrected chi connectivity index (χ1v) is 7.73. The van der Waals surface area contributed by atoms with Gasteiger partial charge in [-0.2, -0.15) is 0 Å². The molecule has 0 heterocycles. The molecule has 3 nitrogen and oxygen atoms in total. The van der Waals surface area contributed by atoms with Crippen LogP contribution < -0.4 is 9.47 Å². The number of hydrogen-bond donors (Lipinski definition) is 0. The molecule has 3 heteroatoms. The van der Waals surface area contributed by atoms with Crippen LogP contribution in [0.1, 0.15) is 21.5 Å². The number of benzene rings is 3. The van der Waals surface area contributed by atoms with Gasteiger partial charge in [-0.25, -0.2) is 0 Å². The van der Waals surface area contributed by atoms with Gasteiger partial charge in [-0.05, 0) is 29.8 Å².